The number of carbonyl (C=O) groups excluding carboxylic acids is 1. The number of hydrogen-bond acceptors (Lipinski definition) is 5. The molecule has 0 aliphatic carbocycles. The zero-order valence-electron chi connectivity index (χ0n) is 12.3. The Morgan fingerprint density at radius 3 is 2.24 bits per heavy atom. The molecule has 0 saturated carbocycles. The molecule has 1 amide bonds. The molecule has 0 atom stereocenters. The number of carbonyl (C=O) groups is 1. The van der Waals surface area contributed by atoms with Crippen LogP contribution in [0.2, 0.25) is 0 Å². The predicted molar refractivity (Wildman–Crippen MR) is 75.6 cm³/mol. The lowest BCUT2D eigenvalue weighted by atomic mass is 10.1. The smallest absolute Gasteiger partial charge is 0.407 e. The number of rotatable bonds is 4. The maximum absolute atomic E-state index is 11.4. The molecule has 6 heteroatoms. The van der Waals surface area contributed by atoms with Crippen LogP contribution in [0.25, 0.3) is 0 Å². The van der Waals surface area contributed by atoms with Crippen molar-refractivity contribution < 1.29 is 14.3 Å². The first-order valence-electron chi connectivity index (χ1n) is 6.39. The predicted octanol–water partition coefficient (Wildman–Crippen LogP) is 2.33. The lowest BCUT2D eigenvalue weighted by Gasteiger charge is -2.19. The van der Waals surface area contributed by atoms with Gasteiger partial charge < -0.3 is 14.8 Å². The molecule has 0 spiro atoms. The molecule has 1 aromatic rings. The van der Waals surface area contributed by atoms with Gasteiger partial charge in [-0.25, -0.2) is 4.79 Å². The van der Waals surface area contributed by atoms with Crippen LogP contribution in [0.15, 0.2) is 18.2 Å². The van der Waals surface area contributed by atoms with Crippen molar-refractivity contribution in [2.24, 2.45) is 0 Å². The number of ether oxygens (including phenoxy) is 2. The molecule has 21 heavy (non-hydrogen) atoms. The van der Waals surface area contributed by atoms with Gasteiger partial charge in [0.2, 0.25) is 0 Å². The van der Waals surface area contributed by atoms with Gasteiger partial charge in [-0.05, 0) is 39.0 Å². The van der Waals surface area contributed by atoms with Crippen LogP contribution in [-0.2, 0) is 4.74 Å². The van der Waals surface area contributed by atoms with Gasteiger partial charge in [0.1, 0.15) is 18.0 Å². The van der Waals surface area contributed by atoms with E-state index in [0.29, 0.717) is 16.9 Å². The van der Waals surface area contributed by atoms with Crippen molar-refractivity contribution in [3.8, 4) is 17.9 Å². The monoisotopic (exact) mass is 287 g/mol. The van der Waals surface area contributed by atoms with Crippen LogP contribution >= 0.6 is 0 Å². The minimum absolute atomic E-state index is 0.207. The highest BCUT2D eigenvalue weighted by atomic mass is 16.6. The van der Waals surface area contributed by atoms with Crippen LogP contribution in [0.5, 0.6) is 5.75 Å². The molecular weight excluding hydrogens is 270 g/mol. The third-order valence-corrected chi connectivity index (χ3v) is 2.20. The van der Waals surface area contributed by atoms with E-state index in [1.54, 1.807) is 20.8 Å². The maximum Gasteiger partial charge on any atom is 0.407 e. The second kappa shape index (κ2) is 7.16. The number of nitriles is 2. The first kappa shape index (κ1) is 16.3. The molecule has 0 aliphatic rings. The highest BCUT2D eigenvalue weighted by Gasteiger charge is 2.15. The number of nitrogens with zero attached hydrogens (tertiary/aromatic N) is 2. The van der Waals surface area contributed by atoms with Crippen LogP contribution < -0.4 is 10.1 Å². The summed E-state index contributed by atoms with van der Waals surface area (Å²) >= 11 is 0. The van der Waals surface area contributed by atoms with Crippen molar-refractivity contribution in [1.82, 2.24) is 5.32 Å². The molecule has 0 radical (unpaired) electrons. The van der Waals surface area contributed by atoms with E-state index in [1.807, 2.05) is 12.1 Å². The van der Waals surface area contributed by atoms with Crippen LogP contribution in [0.4, 0.5) is 4.79 Å². The van der Waals surface area contributed by atoms with E-state index < -0.39 is 11.7 Å². The van der Waals surface area contributed by atoms with Crippen molar-refractivity contribution in [3.63, 3.8) is 0 Å². The molecule has 1 rings (SSSR count). The van der Waals surface area contributed by atoms with Gasteiger partial charge in [-0.2, -0.15) is 10.5 Å². The first-order chi connectivity index (χ1) is 9.84. The fourth-order valence-electron chi connectivity index (χ4n) is 1.45. The number of benzene rings is 1. The molecule has 0 aliphatic heterocycles. The highest BCUT2D eigenvalue weighted by Crippen LogP contribution is 2.16. The second-order valence-electron chi connectivity index (χ2n) is 5.25. The summed E-state index contributed by atoms with van der Waals surface area (Å²) in [6.45, 7) is 5.80. The molecular formula is C15H17N3O3. The van der Waals surface area contributed by atoms with Gasteiger partial charge in [-0.1, -0.05) is 0 Å². The molecule has 6 nitrogen and oxygen atoms in total. The average Bonchev–Trinajstić information content (AvgIpc) is 2.41. The third-order valence-electron chi connectivity index (χ3n) is 2.20. The van der Waals surface area contributed by atoms with Gasteiger partial charge >= 0.3 is 6.09 Å². The minimum atomic E-state index is -0.548. The molecule has 0 unspecified atom stereocenters. The van der Waals surface area contributed by atoms with Crippen LogP contribution in [-0.4, -0.2) is 24.8 Å². The summed E-state index contributed by atoms with van der Waals surface area (Å²) < 4.78 is 10.5. The quantitative estimate of drug-likeness (QED) is 0.857. The van der Waals surface area contributed by atoms with Crippen LogP contribution in [0.1, 0.15) is 31.9 Å². The van der Waals surface area contributed by atoms with E-state index in [0.717, 1.165) is 0 Å². The van der Waals surface area contributed by atoms with Gasteiger partial charge in [0.25, 0.3) is 0 Å². The van der Waals surface area contributed by atoms with Crippen molar-refractivity contribution in [2.45, 2.75) is 26.4 Å². The van der Waals surface area contributed by atoms with E-state index >= 15 is 0 Å². The topological polar surface area (TPSA) is 95.1 Å². The van der Waals surface area contributed by atoms with E-state index in [9.17, 15) is 4.79 Å². The summed E-state index contributed by atoms with van der Waals surface area (Å²) in [5.41, 5.74) is 0.154. The summed E-state index contributed by atoms with van der Waals surface area (Å²) in [7, 11) is 0. The van der Waals surface area contributed by atoms with E-state index in [-0.39, 0.29) is 13.2 Å². The molecule has 110 valence electrons. The van der Waals surface area contributed by atoms with Crippen molar-refractivity contribution >= 4 is 6.09 Å². The number of nitrogens with one attached hydrogen (secondary N) is 1. The molecule has 0 fully saturated rings. The Morgan fingerprint density at radius 2 is 1.76 bits per heavy atom. The Balaban J connectivity index is 2.45. The highest BCUT2D eigenvalue weighted by molar-refractivity contribution is 5.67. The zero-order valence-corrected chi connectivity index (χ0v) is 12.3. The Labute approximate surface area is 123 Å². The standard InChI is InChI=1S/C15H17N3O3/c1-15(2,3)21-14(19)18-4-5-20-13-7-11(9-16)6-12(8-13)10-17/h6-8H,4-5H2,1-3H3,(H,18,19). The molecule has 1 aromatic carbocycles. The van der Waals surface area contributed by atoms with Gasteiger partial charge in [-0.3, -0.25) is 0 Å². The zero-order chi connectivity index (χ0) is 15.9. The molecule has 0 aromatic heterocycles. The number of hydrogen-bond donors (Lipinski definition) is 1. The Kier molecular flexibility index (Phi) is 5.57. The van der Waals surface area contributed by atoms with E-state index in [2.05, 4.69) is 5.32 Å². The van der Waals surface area contributed by atoms with E-state index in [4.69, 9.17) is 20.0 Å². The van der Waals surface area contributed by atoms with Gasteiger partial charge in [0, 0.05) is 0 Å². The van der Waals surface area contributed by atoms with Crippen molar-refractivity contribution in [3.05, 3.63) is 29.3 Å². The SMILES string of the molecule is CC(C)(C)OC(=O)NCCOc1cc(C#N)cc(C#N)c1. The minimum Gasteiger partial charge on any atom is -0.492 e. The summed E-state index contributed by atoms with van der Waals surface area (Å²) in [5.74, 6) is 0.414. The Morgan fingerprint density at radius 1 is 1.19 bits per heavy atom. The summed E-state index contributed by atoms with van der Waals surface area (Å²) in [6.07, 6.45) is -0.519. The molecule has 0 heterocycles. The number of alkyl carbamates (subject to hydrolysis) is 1. The summed E-state index contributed by atoms with van der Waals surface area (Å²) in [6, 6.07) is 8.46. The normalized spacial score (nSPS) is 10.1. The van der Waals surface area contributed by atoms with Gasteiger partial charge in [0.05, 0.1) is 29.8 Å². The van der Waals surface area contributed by atoms with Crippen LogP contribution in [0.3, 0.4) is 0 Å². The lowest BCUT2D eigenvalue weighted by Crippen LogP contribution is -2.34. The van der Waals surface area contributed by atoms with Crippen molar-refractivity contribution in [2.75, 3.05) is 13.2 Å². The Bertz CT molecular complexity index is 559. The second-order valence-corrected chi connectivity index (χ2v) is 5.25. The fraction of sp³-hybridized carbons (Fsp3) is 0.400. The third kappa shape index (κ3) is 6.31. The van der Waals surface area contributed by atoms with Gasteiger partial charge in [-0.15, -0.1) is 0 Å². The van der Waals surface area contributed by atoms with Crippen molar-refractivity contribution in [1.29, 1.82) is 10.5 Å². The average molecular weight is 287 g/mol. The largest absolute Gasteiger partial charge is 0.492 e. The molecule has 0 saturated heterocycles. The number of amides is 1. The maximum atomic E-state index is 11.4. The first-order valence-corrected chi connectivity index (χ1v) is 6.39. The molecule has 0 bridgehead atoms. The van der Waals surface area contributed by atoms with Crippen LogP contribution in [0, 0.1) is 22.7 Å². The summed E-state index contributed by atoms with van der Waals surface area (Å²) in [4.78, 5) is 11.4. The van der Waals surface area contributed by atoms with Gasteiger partial charge in [0.15, 0.2) is 0 Å². The van der Waals surface area contributed by atoms with E-state index in [1.165, 1.54) is 18.2 Å². The lowest BCUT2D eigenvalue weighted by molar-refractivity contribution is 0.0520. The Hall–Kier alpha value is -2.73. The fourth-order valence-corrected chi connectivity index (χ4v) is 1.45. The molecule has 1 N–H and O–H groups in total. The summed E-state index contributed by atoms with van der Waals surface area (Å²) in [5, 5.41) is 20.2.